The minimum Gasteiger partial charge on any atom is -0.472 e. The molecule has 1 rings (SSSR count). The summed E-state index contributed by atoms with van der Waals surface area (Å²) in [5, 5.41) is 3.11. The first kappa shape index (κ1) is 14.1. The van der Waals surface area contributed by atoms with Crippen LogP contribution in [0.4, 0.5) is 13.2 Å². The SMILES string of the molecule is CCCNC(COCC(F)(F)F)c1ccoc1. The normalized spacial score (nSPS) is 13.9. The van der Waals surface area contributed by atoms with Gasteiger partial charge in [0.2, 0.25) is 0 Å². The van der Waals surface area contributed by atoms with Crippen LogP contribution >= 0.6 is 0 Å². The molecule has 3 nitrogen and oxygen atoms in total. The van der Waals surface area contributed by atoms with Gasteiger partial charge in [-0.2, -0.15) is 13.2 Å². The van der Waals surface area contributed by atoms with Crippen molar-refractivity contribution < 1.29 is 22.3 Å². The van der Waals surface area contributed by atoms with Crippen molar-refractivity contribution in [3.8, 4) is 0 Å². The summed E-state index contributed by atoms with van der Waals surface area (Å²) < 4.78 is 45.4. The summed E-state index contributed by atoms with van der Waals surface area (Å²) in [6, 6.07) is 1.45. The van der Waals surface area contributed by atoms with Crippen molar-refractivity contribution in [2.75, 3.05) is 19.8 Å². The molecule has 0 aliphatic rings. The van der Waals surface area contributed by atoms with Gasteiger partial charge in [0, 0.05) is 5.56 Å². The van der Waals surface area contributed by atoms with Gasteiger partial charge in [0.25, 0.3) is 0 Å². The Bertz CT molecular complexity index is 298. The fourth-order valence-corrected chi connectivity index (χ4v) is 1.36. The lowest BCUT2D eigenvalue weighted by atomic mass is 10.1. The average Bonchev–Trinajstić information content (AvgIpc) is 2.74. The maximum absolute atomic E-state index is 11.9. The van der Waals surface area contributed by atoms with Crippen molar-refractivity contribution in [1.29, 1.82) is 0 Å². The van der Waals surface area contributed by atoms with E-state index in [0.717, 1.165) is 12.0 Å². The van der Waals surface area contributed by atoms with Gasteiger partial charge in [-0.3, -0.25) is 0 Å². The smallest absolute Gasteiger partial charge is 0.411 e. The second-order valence-electron chi connectivity index (χ2n) is 3.69. The number of ether oxygens (including phenoxy) is 1. The van der Waals surface area contributed by atoms with Gasteiger partial charge in [-0.15, -0.1) is 0 Å². The quantitative estimate of drug-likeness (QED) is 0.809. The van der Waals surface area contributed by atoms with Crippen molar-refractivity contribution in [2.24, 2.45) is 0 Å². The van der Waals surface area contributed by atoms with Crippen molar-refractivity contribution in [3.63, 3.8) is 0 Å². The number of hydrogen-bond donors (Lipinski definition) is 1. The number of nitrogens with one attached hydrogen (secondary N) is 1. The van der Waals surface area contributed by atoms with Crippen molar-refractivity contribution in [3.05, 3.63) is 24.2 Å². The van der Waals surface area contributed by atoms with E-state index < -0.39 is 12.8 Å². The molecular formula is C11H16F3NO2. The van der Waals surface area contributed by atoms with Crippen LogP contribution in [0.25, 0.3) is 0 Å². The summed E-state index contributed by atoms with van der Waals surface area (Å²) in [5.74, 6) is 0. The standard InChI is InChI=1S/C11H16F3NO2/c1-2-4-15-10(9-3-5-16-6-9)7-17-8-11(12,13)14/h3,5-6,10,15H,2,4,7-8H2,1H3. The molecule has 1 N–H and O–H groups in total. The van der Waals surface area contributed by atoms with E-state index in [1.165, 1.54) is 12.5 Å². The highest BCUT2D eigenvalue weighted by atomic mass is 19.4. The minimum atomic E-state index is -4.29. The van der Waals surface area contributed by atoms with Crippen molar-refractivity contribution in [1.82, 2.24) is 5.32 Å². The van der Waals surface area contributed by atoms with Crippen molar-refractivity contribution in [2.45, 2.75) is 25.6 Å². The minimum absolute atomic E-state index is 0.0287. The van der Waals surface area contributed by atoms with Gasteiger partial charge in [-0.05, 0) is 19.0 Å². The van der Waals surface area contributed by atoms with Crippen LogP contribution < -0.4 is 5.32 Å². The Balaban J connectivity index is 2.42. The first-order valence-electron chi connectivity index (χ1n) is 5.43. The van der Waals surface area contributed by atoms with E-state index in [-0.39, 0.29) is 12.6 Å². The van der Waals surface area contributed by atoms with Gasteiger partial charge < -0.3 is 14.5 Å². The number of alkyl halides is 3. The predicted molar refractivity (Wildman–Crippen MR) is 56.6 cm³/mol. The van der Waals surface area contributed by atoms with Gasteiger partial charge >= 0.3 is 6.18 Å². The second-order valence-corrected chi connectivity index (χ2v) is 3.69. The van der Waals surface area contributed by atoms with Crippen LogP contribution in [0.5, 0.6) is 0 Å². The van der Waals surface area contributed by atoms with E-state index in [1.807, 2.05) is 6.92 Å². The van der Waals surface area contributed by atoms with E-state index in [1.54, 1.807) is 6.07 Å². The van der Waals surface area contributed by atoms with Gasteiger partial charge in [0.05, 0.1) is 25.2 Å². The van der Waals surface area contributed by atoms with Gasteiger partial charge in [-0.1, -0.05) is 6.92 Å². The van der Waals surface area contributed by atoms with Crippen LogP contribution in [-0.2, 0) is 4.74 Å². The Morgan fingerprint density at radius 3 is 2.76 bits per heavy atom. The topological polar surface area (TPSA) is 34.4 Å². The molecule has 0 aromatic carbocycles. The fraction of sp³-hybridized carbons (Fsp3) is 0.636. The predicted octanol–water partition coefficient (Wildman–Crippen LogP) is 2.90. The zero-order chi connectivity index (χ0) is 12.7. The van der Waals surface area contributed by atoms with Crippen LogP contribution in [0.2, 0.25) is 0 Å². The maximum atomic E-state index is 11.9. The van der Waals surface area contributed by atoms with Crippen LogP contribution in [0.1, 0.15) is 24.9 Å². The molecule has 0 saturated heterocycles. The number of hydrogen-bond acceptors (Lipinski definition) is 3. The third-order valence-corrected chi connectivity index (χ3v) is 2.14. The molecule has 1 aromatic rings. The molecule has 1 heterocycles. The summed E-state index contributed by atoms with van der Waals surface area (Å²) in [5.41, 5.74) is 0.792. The molecule has 0 fully saturated rings. The molecule has 6 heteroatoms. The number of furan rings is 1. The molecule has 0 bridgehead atoms. The van der Waals surface area contributed by atoms with E-state index in [0.29, 0.717) is 6.54 Å². The van der Waals surface area contributed by atoms with Crippen LogP contribution in [0, 0.1) is 0 Å². The van der Waals surface area contributed by atoms with E-state index in [9.17, 15) is 13.2 Å². The molecule has 0 radical (unpaired) electrons. The first-order chi connectivity index (χ1) is 8.03. The lowest BCUT2D eigenvalue weighted by Crippen LogP contribution is -2.28. The highest BCUT2D eigenvalue weighted by molar-refractivity contribution is 5.11. The van der Waals surface area contributed by atoms with Gasteiger partial charge in [-0.25, -0.2) is 0 Å². The zero-order valence-corrected chi connectivity index (χ0v) is 9.59. The summed E-state index contributed by atoms with van der Waals surface area (Å²) in [7, 11) is 0. The van der Waals surface area contributed by atoms with Crippen LogP contribution in [0.3, 0.4) is 0 Å². The summed E-state index contributed by atoms with van der Waals surface area (Å²) >= 11 is 0. The molecule has 1 unspecified atom stereocenters. The molecule has 98 valence electrons. The first-order valence-corrected chi connectivity index (χ1v) is 5.43. The largest absolute Gasteiger partial charge is 0.472 e. The monoisotopic (exact) mass is 251 g/mol. The summed E-state index contributed by atoms with van der Waals surface area (Å²) in [6.07, 6.45) is -0.399. The lowest BCUT2D eigenvalue weighted by Gasteiger charge is -2.17. The highest BCUT2D eigenvalue weighted by Gasteiger charge is 2.28. The molecule has 17 heavy (non-hydrogen) atoms. The molecule has 0 spiro atoms. The third-order valence-electron chi connectivity index (χ3n) is 2.14. The molecule has 0 aliphatic heterocycles. The molecular weight excluding hydrogens is 235 g/mol. The Kier molecular flexibility index (Phi) is 5.50. The Morgan fingerprint density at radius 1 is 1.47 bits per heavy atom. The third kappa shape index (κ3) is 5.74. The van der Waals surface area contributed by atoms with Crippen LogP contribution in [-0.4, -0.2) is 25.9 Å². The van der Waals surface area contributed by atoms with Gasteiger partial charge in [0.15, 0.2) is 0 Å². The van der Waals surface area contributed by atoms with Gasteiger partial charge in [0.1, 0.15) is 6.61 Å². The molecule has 1 aromatic heterocycles. The zero-order valence-electron chi connectivity index (χ0n) is 9.59. The number of rotatable bonds is 7. The van der Waals surface area contributed by atoms with E-state index in [2.05, 4.69) is 10.1 Å². The van der Waals surface area contributed by atoms with E-state index in [4.69, 9.17) is 4.42 Å². The number of halogens is 3. The molecule has 0 amide bonds. The molecule has 1 atom stereocenters. The van der Waals surface area contributed by atoms with Crippen molar-refractivity contribution >= 4 is 0 Å². The fourth-order valence-electron chi connectivity index (χ4n) is 1.36. The maximum Gasteiger partial charge on any atom is 0.411 e. The lowest BCUT2D eigenvalue weighted by molar-refractivity contribution is -0.175. The highest BCUT2D eigenvalue weighted by Crippen LogP contribution is 2.18. The average molecular weight is 251 g/mol. The molecule has 0 saturated carbocycles. The molecule has 0 aliphatic carbocycles. The Labute approximate surface area is 97.9 Å². The Hall–Kier alpha value is -1.01. The summed E-state index contributed by atoms with van der Waals surface area (Å²) in [4.78, 5) is 0. The van der Waals surface area contributed by atoms with E-state index >= 15 is 0 Å². The summed E-state index contributed by atoms with van der Waals surface area (Å²) in [6.45, 7) is 1.44. The van der Waals surface area contributed by atoms with Crippen LogP contribution in [0.15, 0.2) is 23.0 Å². The Morgan fingerprint density at radius 2 is 2.24 bits per heavy atom. The second kappa shape index (κ2) is 6.66.